The summed E-state index contributed by atoms with van der Waals surface area (Å²) >= 11 is 0. The van der Waals surface area contributed by atoms with Crippen LogP contribution in [-0.4, -0.2) is 37.1 Å². The number of hydrogen-bond donors (Lipinski definition) is 1. The van der Waals surface area contributed by atoms with Crippen LogP contribution in [0.15, 0.2) is 0 Å². The molecule has 3 rings (SSSR count). The minimum Gasteiger partial charge on any atom is -0.315 e. The predicted octanol–water partition coefficient (Wildman–Crippen LogP) is 1.22. The van der Waals surface area contributed by atoms with Crippen LogP contribution in [0.2, 0.25) is 0 Å². The highest BCUT2D eigenvalue weighted by Crippen LogP contribution is 2.53. The Bertz CT molecular complexity index is 182. The van der Waals surface area contributed by atoms with Gasteiger partial charge < -0.3 is 5.32 Å². The monoisotopic (exact) mass is 180 g/mol. The van der Waals surface area contributed by atoms with Crippen molar-refractivity contribution in [2.45, 2.75) is 38.1 Å². The van der Waals surface area contributed by atoms with E-state index in [9.17, 15) is 0 Å². The van der Waals surface area contributed by atoms with Crippen LogP contribution in [-0.2, 0) is 0 Å². The molecule has 3 fully saturated rings. The van der Waals surface area contributed by atoms with E-state index >= 15 is 0 Å². The predicted molar refractivity (Wildman–Crippen MR) is 53.7 cm³/mol. The van der Waals surface area contributed by atoms with Crippen molar-refractivity contribution in [1.82, 2.24) is 10.2 Å². The van der Waals surface area contributed by atoms with Crippen LogP contribution < -0.4 is 5.32 Å². The van der Waals surface area contributed by atoms with Crippen molar-refractivity contribution in [2.75, 3.05) is 26.2 Å². The summed E-state index contributed by atoms with van der Waals surface area (Å²) in [6.07, 6.45) is 7.28. The summed E-state index contributed by atoms with van der Waals surface area (Å²) in [6, 6.07) is 0.869. The maximum absolute atomic E-state index is 3.55. The number of rotatable bonds is 1. The Hall–Kier alpha value is -0.0800. The van der Waals surface area contributed by atoms with Gasteiger partial charge in [-0.25, -0.2) is 0 Å². The molecule has 3 aliphatic rings. The fourth-order valence-electron chi connectivity index (χ4n) is 2.88. The molecule has 0 amide bonds. The Morgan fingerprint density at radius 3 is 2.77 bits per heavy atom. The van der Waals surface area contributed by atoms with Gasteiger partial charge in [-0.15, -0.1) is 0 Å². The Labute approximate surface area is 80.7 Å². The number of likely N-dealkylation sites (tertiary alicyclic amines) is 1. The summed E-state index contributed by atoms with van der Waals surface area (Å²) < 4.78 is 0. The fourth-order valence-corrected chi connectivity index (χ4v) is 2.88. The molecule has 2 saturated heterocycles. The molecule has 13 heavy (non-hydrogen) atoms. The van der Waals surface area contributed by atoms with Crippen molar-refractivity contribution in [2.24, 2.45) is 5.41 Å². The van der Waals surface area contributed by atoms with E-state index in [-0.39, 0.29) is 0 Å². The molecule has 1 spiro atoms. The zero-order valence-electron chi connectivity index (χ0n) is 8.39. The first-order chi connectivity index (χ1) is 6.38. The van der Waals surface area contributed by atoms with E-state index in [1.54, 1.807) is 0 Å². The minimum atomic E-state index is 0.840. The fraction of sp³-hybridized carbons (Fsp3) is 1.00. The maximum Gasteiger partial charge on any atom is 0.0221 e. The van der Waals surface area contributed by atoms with Crippen LogP contribution >= 0.6 is 0 Å². The highest BCUT2D eigenvalue weighted by Gasteiger charge is 2.53. The summed E-state index contributed by atoms with van der Waals surface area (Å²) in [7, 11) is 0. The first-order valence-corrected chi connectivity index (χ1v) is 5.83. The average Bonchev–Trinajstić information content (AvgIpc) is 2.87. The van der Waals surface area contributed by atoms with Crippen molar-refractivity contribution < 1.29 is 0 Å². The van der Waals surface area contributed by atoms with E-state index in [2.05, 4.69) is 10.2 Å². The van der Waals surface area contributed by atoms with Gasteiger partial charge in [0.1, 0.15) is 0 Å². The van der Waals surface area contributed by atoms with E-state index in [1.807, 2.05) is 0 Å². The van der Waals surface area contributed by atoms with Gasteiger partial charge in [-0.1, -0.05) is 6.42 Å². The number of nitrogens with zero attached hydrogens (tertiary/aromatic N) is 1. The molecule has 1 atom stereocenters. The van der Waals surface area contributed by atoms with Crippen molar-refractivity contribution >= 4 is 0 Å². The van der Waals surface area contributed by atoms with Crippen LogP contribution in [0.1, 0.15) is 32.1 Å². The molecule has 0 aromatic carbocycles. The van der Waals surface area contributed by atoms with E-state index in [0.717, 1.165) is 11.5 Å². The molecule has 1 unspecified atom stereocenters. The topological polar surface area (TPSA) is 15.3 Å². The summed E-state index contributed by atoms with van der Waals surface area (Å²) in [6.45, 7) is 5.32. The minimum absolute atomic E-state index is 0.840. The SMILES string of the molecule is C1CCC(N2CC3(CC3)C2)CNC1. The standard InChI is InChI=1S/C11H20N2/c1-2-6-12-7-10(3-1)13-8-11(9-13)4-5-11/h10,12H,1-9H2. The molecule has 2 aliphatic heterocycles. The van der Waals surface area contributed by atoms with Gasteiger partial charge in [-0.3, -0.25) is 4.90 Å². The molecule has 0 radical (unpaired) electrons. The van der Waals surface area contributed by atoms with E-state index in [0.29, 0.717) is 0 Å². The van der Waals surface area contributed by atoms with Crippen molar-refractivity contribution in [3.63, 3.8) is 0 Å². The largest absolute Gasteiger partial charge is 0.315 e. The third-order valence-corrected chi connectivity index (χ3v) is 4.07. The zero-order chi connectivity index (χ0) is 8.73. The van der Waals surface area contributed by atoms with Gasteiger partial charge in [-0.2, -0.15) is 0 Å². The molecule has 1 N–H and O–H groups in total. The van der Waals surface area contributed by atoms with Crippen LogP contribution in [0, 0.1) is 5.41 Å². The van der Waals surface area contributed by atoms with Crippen molar-refractivity contribution in [3.05, 3.63) is 0 Å². The first-order valence-electron chi connectivity index (χ1n) is 5.83. The van der Waals surface area contributed by atoms with E-state index in [4.69, 9.17) is 0 Å². The quantitative estimate of drug-likeness (QED) is 0.653. The van der Waals surface area contributed by atoms with Gasteiger partial charge in [0, 0.05) is 25.7 Å². The lowest BCUT2D eigenvalue weighted by atomic mass is 9.93. The lowest BCUT2D eigenvalue weighted by molar-refractivity contribution is 0.0344. The lowest BCUT2D eigenvalue weighted by Gasteiger charge is -2.45. The third-order valence-electron chi connectivity index (χ3n) is 4.07. The number of nitrogens with one attached hydrogen (secondary N) is 1. The molecule has 1 saturated carbocycles. The van der Waals surface area contributed by atoms with Crippen LogP contribution in [0.5, 0.6) is 0 Å². The normalized spacial score (nSPS) is 38.3. The molecule has 0 aromatic heterocycles. The lowest BCUT2D eigenvalue weighted by Crippen LogP contribution is -2.55. The molecule has 0 aromatic rings. The third kappa shape index (κ3) is 1.50. The second-order valence-corrected chi connectivity index (χ2v) is 5.26. The summed E-state index contributed by atoms with van der Waals surface area (Å²) in [5, 5.41) is 3.55. The Morgan fingerprint density at radius 1 is 1.15 bits per heavy atom. The van der Waals surface area contributed by atoms with Gasteiger partial charge in [0.15, 0.2) is 0 Å². The van der Waals surface area contributed by atoms with Gasteiger partial charge in [0.2, 0.25) is 0 Å². The summed E-state index contributed by atoms with van der Waals surface area (Å²) in [4.78, 5) is 2.71. The van der Waals surface area contributed by atoms with E-state index < -0.39 is 0 Å². The van der Waals surface area contributed by atoms with Gasteiger partial charge in [0.05, 0.1) is 0 Å². The molecule has 2 heterocycles. The van der Waals surface area contributed by atoms with Crippen LogP contribution in [0.3, 0.4) is 0 Å². The highest BCUT2D eigenvalue weighted by atomic mass is 15.3. The molecule has 2 nitrogen and oxygen atoms in total. The molecule has 74 valence electrons. The Kier molecular flexibility index (Phi) is 1.88. The zero-order valence-corrected chi connectivity index (χ0v) is 8.39. The second-order valence-electron chi connectivity index (χ2n) is 5.26. The summed E-state index contributed by atoms with van der Waals surface area (Å²) in [5.74, 6) is 0. The highest BCUT2D eigenvalue weighted by molar-refractivity contribution is 5.07. The first kappa shape index (κ1) is 8.25. The molecular weight excluding hydrogens is 160 g/mol. The average molecular weight is 180 g/mol. The summed E-state index contributed by atoms with van der Waals surface area (Å²) in [5.41, 5.74) is 0.840. The van der Waals surface area contributed by atoms with Crippen molar-refractivity contribution in [3.8, 4) is 0 Å². The Morgan fingerprint density at radius 2 is 2.00 bits per heavy atom. The van der Waals surface area contributed by atoms with Crippen LogP contribution in [0.25, 0.3) is 0 Å². The molecule has 0 bridgehead atoms. The molecular formula is C11H20N2. The Balaban J connectivity index is 1.53. The number of hydrogen-bond acceptors (Lipinski definition) is 2. The molecule has 2 heteroatoms. The van der Waals surface area contributed by atoms with Gasteiger partial charge in [0.25, 0.3) is 0 Å². The smallest absolute Gasteiger partial charge is 0.0221 e. The molecule has 1 aliphatic carbocycles. The maximum atomic E-state index is 3.55. The second kappa shape index (κ2) is 2.96. The van der Waals surface area contributed by atoms with Crippen LogP contribution in [0.4, 0.5) is 0 Å². The van der Waals surface area contributed by atoms with Gasteiger partial charge >= 0.3 is 0 Å². The van der Waals surface area contributed by atoms with Crippen molar-refractivity contribution in [1.29, 1.82) is 0 Å². The van der Waals surface area contributed by atoms with E-state index in [1.165, 1.54) is 58.3 Å². The van der Waals surface area contributed by atoms with Gasteiger partial charge in [-0.05, 0) is 37.6 Å².